The van der Waals surface area contributed by atoms with Crippen LogP contribution in [0, 0.1) is 0 Å². The van der Waals surface area contributed by atoms with Gasteiger partial charge in [-0.3, -0.25) is 0 Å². The molecule has 2 rings (SSSR count). The predicted molar refractivity (Wildman–Crippen MR) is 38.4 cm³/mol. The quantitative estimate of drug-likeness (QED) is 0.696. The monoisotopic (exact) mass is 180 g/mol. The van der Waals surface area contributed by atoms with E-state index < -0.39 is 5.97 Å². The van der Waals surface area contributed by atoms with E-state index in [0.717, 1.165) is 6.26 Å². The second kappa shape index (κ2) is 2.70. The number of carboxylic acid groups (broad SMARTS) is 1. The lowest BCUT2D eigenvalue weighted by Gasteiger charge is -1.87. The Morgan fingerprint density at radius 1 is 1.62 bits per heavy atom. The van der Waals surface area contributed by atoms with E-state index in [1.807, 2.05) is 0 Å². The molecule has 2 aromatic heterocycles. The van der Waals surface area contributed by atoms with E-state index in [0.29, 0.717) is 0 Å². The van der Waals surface area contributed by atoms with Gasteiger partial charge in [0.05, 0.1) is 0 Å². The molecule has 0 atom stereocenters. The molecule has 0 unspecified atom stereocenters. The van der Waals surface area contributed by atoms with Crippen molar-refractivity contribution in [1.29, 1.82) is 0 Å². The van der Waals surface area contributed by atoms with Crippen LogP contribution in [0.15, 0.2) is 23.3 Å². The van der Waals surface area contributed by atoms with Crippen molar-refractivity contribution in [2.75, 3.05) is 0 Å². The fourth-order valence-corrected chi connectivity index (χ4v) is 0.775. The summed E-state index contributed by atoms with van der Waals surface area (Å²) in [6.45, 7) is 0. The Labute approximate surface area is 71.7 Å². The first kappa shape index (κ1) is 7.47. The Morgan fingerprint density at radius 2 is 2.46 bits per heavy atom. The van der Waals surface area contributed by atoms with Crippen LogP contribution in [-0.2, 0) is 0 Å². The van der Waals surface area contributed by atoms with Crippen molar-refractivity contribution < 1.29 is 14.3 Å². The van der Waals surface area contributed by atoms with E-state index >= 15 is 0 Å². The normalized spacial score (nSPS) is 10.2. The summed E-state index contributed by atoms with van der Waals surface area (Å²) in [4.78, 5) is 17.7. The lowest BCUT2D eigenvalue weighted by molar-refractivity contribution is 0.0690. The Balaban J connectivity index is 2.39. The van der Waals surface area contributed by atoms with Gasteiger partial charge in [0, 0.05) is 0 Å². The van der Waals surface area contributed by atoms with Crippen molar-refractivity contribution in [1.82, 2.24) is 19.7 Å². The molecule has 7 heteroatoms. The van der Waals surface area contributed by atoms with Crippen molar-refractivity contribution in [3.05, 3.63) is 24.6 Å². The Bertz CT molecular complexity index is 419. The molecule has 0 aromatic carbocycles. The first-order valence-corrected chi connectivity index (χ1v) is 3.31. The molecule has 0 fully saturated rings. The van der Waals surface area contributed by atoms with E-state index in [9.17, 15) is 4.79 Å². The molecular formula is C6H4N4O3. The summed E-state index contributed by atoms with van der Waals surface area (Å²) in [5, 5.41) is 12.2. The fourth-order valence-electron chi connectivity index (χ4n) is 0.775. The maximum Gasteiger partial charge on any atom is 0.357 e. The van der Waals surface area contributed by atoms with E-state index in [-0.39, 0.29) is 11.7 Å². The zero-order valence-corrected chi connectivity index (χ0v) is 6.28. The Hall–Kier alpha value is -2.18. The largest absolute Gasteiger partial charge is 0.476 e. The average Bonchev–Trinajstić information content (AvgIpc) is 2.75. The van der Waals surface area contributed by atoms with E-state index in [2.05, 4.69) is 15.1 Å². The maximum atomic E-state index is 10.4. The molecule has 0 spiro atoms. The van der Waals surface area contributed by atoms with Crippen molar-refractivity contribution in [3.63, 3.8) is 0 Å². The Morgan fingerprint density at radius 3 is 3.00 bits per heavy atom. The van der Waals surface area contributed by atoms with Crippen molar-refractivity contribution in [3.8, 4) is 6.01 Å². The molecule has 66 valence electrons. The zero-order chi connectivity index (χ0) is 9.26. The van der Waals surface area contributed by atoms with E-state index in [1.54, 1.807) is 0 Å². The van der Waals surface area contributed by atoms with Crippen LogP contribution in [0.1, 0.15) is 10.5 Å². The van der Waals surface area contributed by atoms with E-state index in [1.165, 1.54) is 17.3 Å². The second-order valence-electron chi connectivity index (χ2n) is 2.16. The first-order valence-electron chi connectivity index (χ1n) is 3.31. The van der Waals surface area contributed by atoms with Gasteiger partial charge in [0.25, 0.3) is 0 Å². The molecule has 0 saturated carbocycles. The van der Waals surface area contributed by atoms with Gasteiger partial charge in [0.2, 0.25) is 0 Å². The highest BCUT2D eigenvalue weighted by atomic mass is 16.4. The van der Waals surface area contributed by atoms with Gasteiger partial charge in [-0.25, -0.2) is 9.78 Å². The molecule has 0 amide bonds. The van der Waals surface area contributed by atoms with Gasteiger partial charge in [-0.15, -0.1) is 0 Å². The van der Waals surface area contributed by atoms with Crippen molar-refractivity contribution >= 4 is 5.97 Å². The third kappa shape index (κ3) is 1.26. The standard InChI is InChI=1S/C6H4N4O3/c11-5(12)4-1-13-6(9-4)10-3-7-2-8-10/h1-3H,(H,11,12). The first-order chi connectivity index (χ1) is 6.27. The van der Waals surface area contributed by atoms with E-state index in [4.69, 9.17) is 9.52 Å². The van der Waals surface area contributed by atoms with Crippen LogP contribution >= 0.6 is 0 Å². The molecule has 13 heavy (non-hydrogen) atoms. The summed E-state index contributed by atoms with van der Waals surface area (Å²) >= 11 is 0. The van der Waals surface area contributed by atoms with Crippen LogP contribution < -0.4 is 0 Å². The zero-order valence-electron chi connectivity index (χ0n) is 6.28. The van der Waals surface area contributed by atoms with Crippen LogP contribution in [0.25, 0.3) is 6.01 Å². The number of hydrogen-bond acceptors (Lipinski definition) is 5. The highest BCUT2D eigenvalue weighted by molar-refractivity contribution is 5.84. The molecular weight excluding hydrogens is 176 g/mol. The summed E-state index contributed by atoms with van der Waals surface area (Å²) in [5.74, 6) is -1.14. The predicted octanol–water partition coefficient (Wildman–Crippen LogP) is -0.0465. The van der Waals surface area contributed by atoms with Gasteiger partial charge in [-0.05, 0) is 0 Å². The summed E-state index contributed by atoms with van der Waals surface area (Å²) in [7, 11) is 0. The minimum Gasteiger partial charge on any atom is -0.476 e. The minimum atomic E-state index is -1.14. The van der Waals surface area contributed by atoms with Crippen LogP contribution in [0.3, 0.4) is 0 Å². The molecule has 2 aromatic rings. The number of carboxylic acids is 1. The summed E-state index contributed by atoms with van der Waals surface area (Å²) in [5.41, 5.74) is -0.162. The number of aromatic nitrogens is 4. The summed E-state index contributed by atoms with van der Waals surface area (Å²) < 4.78 is 6.07. The topological polar surface area (TPSA) is 94.0 Å². The summed E-state index contributed by atoms with van der Waals surface area (Å²) in [6, 6.07) is 0.0786. The smallest absolute Gasteiger partial charge is 0.357 e. The molecule has 1 N–H and O–H groups in total. The molecule has 7 nitrogen and oxygen atoms in total. The third-order valence-electron chi connectivity index (χ3n) is 1.33. The van der Waals surface area contributed by atoms with Gasteiger partial charge >= 0.3 is 12.0 Å². The van der Waals surface area contributed by atoms with Crippen LogP contribution in [0.2, 0.25) is 0 Å². The van der Waals surface area contributed by atoms with Gasteiger partial charge < -0.3 is 9.52 Å². The van der Waals surface area contributed by atoms with Crippen LogP contribution in [0.5, 0.6) is 0 Å². The molecule has 0 aliphatic carbocycles. The number of aromatic carboxylic acids is 1. The van der Waals surface area contributed by atoms with Gasteiger partial charge in [0.15, 0.2) is 5.69 Å². The van der Waals surface area contributed by atoms with Crippen molar-refractivity contribution in [2.45, 2.75) is 0 Å². The van der Waals surface area contributed by atoms with Crippen LogP contribution in [0.4, 0.5) is 0 Å². The molecule has 0 aliphatic rings. The van der Waals surface area contributed by atoms with Crippen molar-refractivity contribution in [2.24, 2.45) is 0 Å². The fraction of sp³-hybridized carbons (Fsp3) is 0. The number of hydrogen-bond donors (Lipinski definition) is 1. The van der Waals surface area contributed by atoms with Gasteiger partial charge in [0.1, 0.15) is 18.9 Å². The SMILES string of the molecule is O=C(O)c1coc(-n2cncn2)n1. The van der Waals surface area contributed by atoms with Gasteiger partial charge in [-0.1, -0.05) is 0 Å². The molecule has 0 saturated heterocycles. The molecule has 2 heterocycles. The third-order valence-corrected chi connectivity index (χ3v) is 1.33. The number of carbonyl (C=O) groups is 1. The minimum absolute atomic E-state index is 0.0786. The maximum absolute atomic E-state index is 10.4. The average molecular weight is 180 g/mol. The number of rotatable bonds is 2. The molecule has 0 aliphatic heterocycles. The van der Waals surface area contributed by atoms with Gasteiger partial charge in [-0.2, -0.15) is 14.8 Å². The lowest BCUT2D eigenvalue weighted by atomic mass is 10.5. The Kier molecular flexibility index (Phi) is 1.55. The summed E-state index contributed by atoms with van der Waals surface area (Å²) in [6.07, 6.45) is 3.70. The highest BCUT2D eigenvalue weighted by Gasteiger charge is 2.11. The molecule has 0 radical (unpaired) electrons. The highest BCUT2D eigenvalue weighted by Crippen LogP contribution is 2.05. The molecule has 0 bridgehead atoms. The second-order valence-corrected chi connectivity index (χ2v) is 2.16. The number of nitrogens with zero attached hydrogens (tertiary/aromatic N) is 4. The van der Waals surface area contributed by atoms with Crippen LogP contribution in [-0.4, -0.2) is 30.8 Å². The lowest BCUT2D eigenvalue weighted by Crippen LogP contribution is -1.99. The number of oxazole rings is 1.